The van der Waals surface area contributed by atoms with Gasteiger partial charge in [-0.25, -0.2) is 37.1 Å². The van der Waals surface area contributed by atoms with Gasteiger partial charge in [-0.2, -0.15) is 9.19 Å². The molecule has 4 aromatic heterocycles. The van der Waals surface area contributed by atoms with Gasteiger partial charge in [0.15, 0.2) is 5.82 Å². The number of hydrogen-bond donors (Lipinski definition) is 3. The van der Waals surface area contributed by atoms with Crippen LogP contribution >= 0.6 is 0 Å². The summed E-state index contributed by atoms with van der Waals surface area (Å²) in [7, 11) is -3.51. The first-order valence-corrected chi connectivity index (χ1v) is 17.3. The Morgan fingerprint density at radius 2 is 1.70 bits per heavy atom. The van der Waals surface area contributed by atoms with E-state index in [4.69, 9.17) is 0 Å². The second kappa shape index (κ2) is 12.0. The molecule has 0 bridgehead atoms. The van der Waals surface area contributed by atoms with E-state index in [1.165, 1.54) is 12.4 Å². The largest absolute Gasteiger partial charge is 0.390 e. The fourth-order valence-electron chi connectivity index (χ4n) is 5.91. The molecule has 0 unspecified atom stereocenters. The van der Waals surface area contributed by atoms with Crippen LogP contribution in [0.5, 0.6) is 0 Å². The molecule has 16 heteroatoms. The highest BCUT2D eigenvalue weighted by atomic mass is 32.2. The highest BCUT2D eigenvalue weighted by Gasteiger charge is 2.38. The molecular weight excluding hydrogens is 630 g/mol. The van der Waals surface area contributed by atoms with Crippen LogP contribution < -0.4 is 15.5 Å². The monoisotopic (exact) mass is 666 g/mol. The lowest BCUT2D eigenvalue weighted by atomic mass is 9.83. The molecule has 13 nitrogen and oxygen atoms in total. The zero-order chi connectivity index (χ0) is 32.8. The van der Waals surface area contributed by atoms with Crippen LogP contribution in [0.2, 0.25) is 0 Å². The van der Waals surface area contributed by atoms with Crippen molar-refractivity contribution in [3.8, 4) is 22.6 Å². The number of halogens is 2. The highest BCUT2D eigenvalue weighted by Crippen LogP contribution is 2.35. The molecule has 0 spiro atoms. The summed E-state index contributed by atoms with van der Waals surface area (Å²) in [5.41, 5.74) is 1.83. The molecule has 2 aliphatic carbocycles. The zero-order valence-electron chi connectivity index (χ0n) is 25.9. The lowest BCUT2D eigenvalue weighted by Gasteiger charge is -2.34. The normalized spacial score (nSPS) is 23.0. The number of nitrogens with one attached hydrogen (secondary N) is 2. The van der Waals surface area contributed by atoms with Crippen molar-refractivity contribution in [2.45, 2.75) is 81.1 Å². The topological polar surface area (TPSA) is 164 Å². The van der Waals surface area contributed by atoms with E-state index in [1.807, 2.05) is 17.9 Å². The number of piperidine rings is 1. The van der Waals surface area contributed by atoms with Crippen LogP contribution in [0, 0.1) is 0 Å². The molecule has 47 heavy (non-hydrogen) atoms. The van der Waals surface area contributed by atoms with Crippen LogP contribution in [0.15, 0.2) is 49.3 Å². The predicted octanol–water partition coefficient (Wildman–Crippen LogP) is 4.62. The average Bonchev–Trinajstić information content (AvgIpc) is 3.79. The molecule has 0 atom stereocenters. The second-order valence-corrected chi connectivity index (χ2v) is 14.9. The van der Waals surface area contributed by atoms with E-state index in [0.717, 1.165) is 22.6 Å². The van der Waals surface area contributed by atoms with E-state index in [1.54, 1.807) is 30.9 Å². The van der Waals surface area contributed by atoms with E-state index in [2.05, 4.69) is 40.7 Å². The maximum absolute atomic E-state index is 13.7. The fraction of sp³-hybridized carbons (Fsp3) is 0.484. The van der Waals surface area contributed by atoms with Crippen LogP contribution in [-0.4, -0.2) is 83.5 Å². The molecule has 5 heterocycles. The molecule has 0 radical (unpaired) electrons. The lowest BCUT2D eigenvalue weighted by molar-refractivity contribution is -0.0221. The summed E-state index contributed by atoms with van der Waals surface area (Å²) in [6, 6.07) is 3.65. The van der Waals surface area contributed by atoms with Gasteiger partial charge in [0, 0.05) is 61.7 Å². The minimum Gasteiger partial charge on any atom is -0.390 e. The molecule has 0 aromatic carbocycles. The van der Waals surface area contributed by atoms with Crippen LogP contribution in [0.3, 0.4) is 0 Å². The summed E-state index contributed by atoms with van der Waals surface area (Å²) in [5.74, 6) is -0.842. The number of aliphatic hydroxyl groups is 1. The number of hydrogen-bond acceptors (Lipinski definition) is 12. The Hall–Kier alpha value is -4.31. The third kappa shape index (κ3) is 7.02. The summed E-state index contributed by atoms with van der Waals surface area (Å²) in [5, 5.41) is 21.0. The third-order valence-electron chi connectivity index (χ3n) is 9.00. The molecule has 248 valence electrons. The van der Waals surface area contributed by atoms with Crippen molar-refractivity contribution in [2.75, 3.05) is 28.6 Å². The van der Waals surface area contributed by atoms with Crippen LogP contribution in [0.1, 0.15) is 58.3 Å². The first-order valence-electron chi connectivity index (χ1n) is 15.8. The van der Waals surface area contributed by atoms with Gasteiger partial charge >= 0.3 is 0 Å². The summed E-state index contributed by atoms with van der Waals surface area (Å²) in [4.78, 5) is 24.5. The van der Waals surface area contributed by atoms with E-state index in [9.17, 15) is 22.3 Å². The maximum Gasteiger partial charge on any atom is 0.256 e. The Labute approximate surface area is 271 Å². The molecule has 2 saturated carbocycles. The minimum absolute atomic E-state index is 0.112. The Balaban J connectivity index is 1.13. The number of nitrogens with zero attached hydrogens (tertiary/aromatic N) is 8. The lowest BCUT2D eigenvalue weighted by Crippen LogP contribution is -2.39. The maximum atomic E-state index is 13.7. The average molecular weight is 667 g/mol. The Morgan fingerprint density at radius 1 is 0.936 bits per heavy atom. The molecule has 7 rings (SSSR count). The van der Waals surface area contributed by atoms with E-state index in [0.29, 0.717) is 65.8 Å². The Bertz CT molecular complexity index is 1850. The van der Waals surface area contributed by atoms with Crippen molar-refractivity contribution in [3.63, 3.8) is 0 Å². The van der Waals surface area contributed by atoms with Gasteiger partial charge in [-0.15, -0.1) is 0 Å². The van der Waals surface area contributed by atoms with Crippen molar-refractivity contribution in [3.05, 3.63) is 49.3 Å². The van der Waals surface area contributed by atoms with Gasteiger partial charge in [0.05, 0.1) is 46.9 Å². The van der Waals surface area contributed by atoms with E-state index < -0.39 is 26.8 Å². The van der Waals surface area contributed by atoms with Crippen molar-refractivity contribution < 1.29 is 22.3 Å². The number of rotatable bonds is 9. The van der Waals surface area contributed by atoms with Gasteiger partial charge < -0.3 is 20.6 Å². The Kier molecular flexibility index (Phi) is 8.02. The first-order chi connectivity index (χ1) is 22.4. The SMILES string of the molecule is CC1(O)CCC(Nc2cc(Nc3ccnc(-c4cnn(S(=O)(=O)C5CC5)c4)n3)ncc2-c2cnc(N3CCC(F)(F)CC3)cn2)CC1. The molecule has 1 saturated heterocycles. The van der Waals surface area contributed by atoms with Gasteiger partial charge in [0.1, 0.15) is 17.5 Å². The van der Waals surface area contributed by atoms with Gasteiger partial charge in [-0.1, -0.05) is 0 Å². The highest BCUT2D eigenvalue weighted by molar-refractivity contribution is 7.90. The number of alkyl halides is 2. The van der Waals surface area contributed by atoms with Crippen LogP contribution in [-0.2, 0) is 10.0 Å². The number of anilines is 4. The third-order valence-corrected chi connectivity index (χ3v) is 11.0. The van der Waals surface area contributed by atoms with Crippen molar-refractivity contribution in [2.24, 2.45) is 0 Å². The summed E-state index contributed by atoms with van der Waals surface area (Å²) >= 11 is 0. The molecule has 3 aliphatic rings. The van der Waals surface area contributed by atoms with Gasteiger partial charge in [0.25, 0.3) is 15.9 Å². The van der Waals surface area contributed by atoms with Crippen LogP contribution in [0.4, 0.5) is 31.9 Å². The molecule has 3 N–H and O–H groups in total. The van der Waals surface area contributed by atoms with Gasteiger partial charge in [-0.05, 0) is 51.5 Å². The number of aromatic nitrogens is 7. The van der Waals surface area contributed by atoms with E-state index >= 15 is 0 Å². The number of pyridine rings is 1. The van der Waals surface area contributed by atoms with E-state index in [-0.39, 0.29) is 32.0 Å². The van der Waals surface area contributed by atoms with Gasteiger partial charge in [0.2, 0.25) is 0 Å². The predicted molar refractivity (Wildman–Crippen MR) is 172 cm³/mol. The molecular formula is C31H36F2N10O3S. The summed E-state index contributed by atoms with van der Waals surface area (Å²) in [6.45, 7) is 2.29. The summed E-state index contributed by atoms with van der Waals surface area (Å²) < 4.78 is 53.5. The molecule has 0 amide bonds. The molecule has 4 aromatic rings. The molecule has 1 aliphatic heterocycles. The van der Waals surface area contributed by atoms with Crippen molar-refractivity contribution >= 4 is 33.2 Å². The van der Waals surface area contributed by atoms with Crippen LogP contribution in [0.25, 0.3) is 22.6 Å². The van der Waals surface area contributed by atoms with Crippen molar-refractivity contribution in [1.82, 2.24) is 34.1 Å². The second-order valence-electron chi connectivity index (χ2n) is 12.9. The fourth-order valence-corrected chi connectivity index (χ4v) is 7.39. The van der Waals surface area contributed by atoms with Gasteiger partial charge in [-0.3, -0.25) is 4.98 Å². The smallest absolute Gasteiger partial charge is 0.256 e. The molecule has 3 fully saturated rings. The summed E-state index contributed by atoms with van der Waals surface area (Å²) in [6.07, 6.45) is 13.1. The zero-order valence-corrected chi connectivity index (χ0v) is 26.7. The quantitative estimate of drug-likeness (QED) is 0.228. The van der Waals surface area contributed by atoms with Crippen molar-refractivity contribution in [1.29, 1.82) is 0 Å². The Morgan fingerprint density at radius 3 is 2.40 bits per heavy atom. The first kappa shape index (κ1) is 31.3. The minimum atomic E-state index is -3.51. The standard InChI is InChI=1S/C31H36F2N10O3S/c1-30(44)7-4-21(5-8-30)39-24-14-27(36-16-23(24)25-17-37-28(18-35-25)42-12-9-31(32,33)10-13-42)40-26-6-11-34-29(41-26)20-15-38-43(19-20)47(45,46)22-2-3-22/h6,11,14-19,21-22,44H,2-5,7-10,12-13H2,1H3,(H2,34,36,39,40,41).